The Bertz CT molecular complexity index is 924. The second kappa shape index (κ2) is 8.45. The minimum absolute atomic E-state index is 0.350. The molecule has 0 aromatic heterocycles. The summed E-state index contributed by atoms with van der Waals surface area (Å²) in [6, 6.07) is 6.52. The van der Waals surface area contributed by atoms with Crippen molar-refractivity contribution in [2.75, 3.05) is 5.73 Å². The van der Waals surface area contributed by atoms with Crippen LogP contribution in [0.4, 0.5) is 5.69 Å². The van der Waals surface area contributed by atoms with Gasteiger partial charge in [-0.2, -0.15) is 5.10 Å². The van der Waals surface area contributed by atoms with Crippen LogP contribution in [0.1, 0.15) is 44.5 Å². The van der Waals surface area contributed by atoms with Gasteiger partial charge >= 0.3 is 5.97 Å². The Morgan fingerprint density at radius 2 is 1.86 bits per heavy atom. The van der Waals surface area contributed by atoms with E-state index in [2.05, 4.69) is 10.5 Å². The zero-order valence-corrected chi connectivity index (χ0v) is 17.1. The Hall–Kier alpha value is -3.19. The molecule has 1 aromatic rings. The molecule has 0 spiro atoms. The fourth-order valence-corrected chi connectivity index (χ4v) is 3.28. The summed E-state index contributed by atoms with van der Waals surface area (Å²) in [6.45, 7) is 7.21. The summed E-state index contributed by atoms with van der Waals surface area (Å²) in [6.07, 6.45) is 6.42. The molecule has 29 heavy (non-hydrogen) atoms. The van der Waals surface area contributed by atoms with Crippen molar-refractivity contribution in [3.05, 3.63) is 65.3 Å². The summed E-state index contributed by atoms with van der Waals surface area (Å²) in [4.78, 5) is 23.0. The van der Waals surface area contributed by atoms with E-state index in [1.54, 1.807) is 56.3 Å². The number of nitrogen functional groups attached to an aromatic ring is 1. The summed E-state index contributed by atoms with van der Waals surface area (Å²) in [5, 5.41) is 24.3. The average Bonchev–Trinajstić information content (AvgIpc) is 2.62. The van der Waals surface area contributed by atoms with Crippen molar-refractivity contribution in [2.45, 2.75) is 39.7 Å². The molecular weight excluding hydrogens is 370 g/mol. The minimum Gasteiger partial charge on any atom is -0.478 e. The first-order valence-corrected chi connectivity index (χ1v) is 9.19. The number of amides is 1. The Balaban J connectivity index is 2.24. The van der Waals surface area contributed by atoms with Gasteiger partial charge in [-0.15, -0.1) is 0 Å². The summed E-state index contributed by atoms with van der Waals surface area (Å²) < 4.78 is 0. The lowest BCUT2D eigenvalue weighted by molar-refractivity contribution is -0.131. The third kappa shape index (κ3) is 5.20. The molecule has 1 amide bonds. The number of hydrogen-bond acceptors (Lipinski definition) is 5. The highest BCUT2D eigenvalue weighted by Crippen LogP contribution is 2.44. The minimum atomic E-state index is -1.28. The van der Waals surface area contributed by atoms with E-state index in [1.807, 2.05) is 13.8 Å². The molecule has 2 rings (SSSR count). The number of carbonyl (C=O) groups is 2. The van der Waals surface area contributed by atoms with E-state index >= 15 is 0 Å². The summed E-state index contributed by atoms with van der Waals surface area (Å²) in [5.41, 5.74) is 9.07. The SMILES string of the molecule is CC1=C/C(=N\NC(=O)c2ccc(N)cc2)CC(C)(C)[C@]1(O)/C=C/C(C)=C\C(=O)O. The highest BCUT2D eigenvalue weighted by molar-refractivity contribution is 6.00. The van der Waals surface area contributed by atoms with Gasteiger partial charge in [0.25, 0.3) is 5.91 Å². The van der Waals surface area contributed by atoms with Crippen molar-refractivity contribution in [3.63, 3.8) is 0 Å². The second-order valence-corrected chi connectivity index (χ2v) is 7.88. The largest absolute Gasteiger partial charge is 0.478 e. The predicted octanol–water partition coefficient (Wildman–Crippen LogP) is 3.05. The molecule has 5 N–H and O–H groups in total. The van der Waals surface area contributed by atoms with Gasteiger partial charge in [-0.3, -0.25) is 4.79 Å². The summed E-state index contributed by atoms with van der Waals surface area (Å²) >= 11 is 0. The molecule has 0 fully saturated rings. The maximum atomic E-state index is 12.2. The van der Waals surface area contributed by atoms with Crippen molar-refractivity contribution < 1.29 is 19.8 Å². The third-order valence-corrected chi connectivity index (χ3v) is 5.05. The molecule has 1 aromatic carbocycles. The van der Waals surface area contributed by atoms with Gasteiger partial charge < -0.3 is 15.9 Å². The van der Waals surface area contributed by atoms with Gasteiger partial charge in [0.2, 0.25) is 0 Å². The van der Waals surface area contributed by atoms with Crippen LogP contribution in [0, 0.1) is 5.41 Å². The van der Waals surface area contributed by atoms with Gasteiger partial charge in [0, 0.05) is 22.7 Å². The number of hydrazone groups is 1. The third-order valence-electron chi connectivity index (χ3n) is 5.05. The van der Waals surface area contributed by atoms with Gasteiger partial charge in [0.05, 0.1) is 5.71 Å². The maximum absolute atomic E-state index is 12.2. The normalized spacial score (nSPS) is 23.1. The lowest BCUT2D eigenvalue weighted by Gasteiger charge is -2.44. The van der Waals surface area contributed by atoms with Crippen molar-refractivity contribution in [1.82, 2.24) is 5.43 Å². The molecule has 7 nitrogen and oxygen atoms in total. The molecule has 0 bridgehead atoms. The molecular formula is C22H27N3O4. The number of nitrogens with one attached hydrogen (secondary N) is 1. The molecule has 0 radical (unpaired) electrons. The van der Waals surface area contributed by atoms with Crippen LogP contribution in [0.3, 0.4) is 0 Å². The standard InChI is InChI=1S/C22H27N3O4/c1-14(11-19(26)27)9-10-22(29)15(2)12-18(13-21(22,3)4)24-25-20(28)16-5-7-17(23)8-6-16/h5-12,29H,13,23H2,1-4H3,(H,25,28)(H,26,27)/b10-9+,14-11-,24-18+/t22-/m0/s1. The van der Waals surface area contributed by atoms with Crippen molar-refractivity contribution in [2.24, 2.45) is 10.5 Å². The molecule has 7 heteroatoms. The van der Waals surface area contributed by atoms with E-state index < -0.39 is 17.0 Å². The number of hydrogen-bond donors (Lipinski definition) is 4. The number of aliphatic carboxylic acids is 1. The first-order chi connectivity index (χ1) is 13.4. The lowest BCUT2D eigenvalue weighted by atomic mass is 9.64. The van der Waals surface area contributed by atoms with Crippen LogP contribution in [0.15, 0.2) is 64.8 Å². The number of rotatable bonds is 5. The molecule has 0 unspecified atom stereocenters. The van der Waals surface area contributed by atoms with Crippen LogP contribution in [0.2, 0.25) is 0 Å². The zero-order valence-electron chi connectivity index (χ0n) is 17.1. The van der Waals surface area contributed by atoms with Crippen molar-refractivity contribution >= 4 is 23.3 Å². The molecule has 154 valence electrons. The Morgan fingerprint density at radius 1 is 1.24 bits per heavy atom. The van der Waals surface area contributed by atoms with E-state index in [0.29, 0.717) is 34.5 Å². The number of nitrogens with zero attached hydrogens (tertiary/aromatic N) is 1. The van der Waals surface area contributed by atoms with Crippen molar-refractivity contribution in [3.8, 4) is 0 Å². The van der Waals surface area contributed by atoms with Crippen LogP contribution in [-0.2, 0) is 4.79 Å². The van der Waals surface area contributed by atoms with Crippen molar-refractivity contribution in [1.29, 1.82) is 0 Å². The Kier molecular flexibility index (Phi) is 6.44. The number of aliphatic hydroxyl groups is 1. The topological polar surface area (TPSA) is 125 Å². The fourth-order valence-electron chi connectivity index (χ4n) is 3.28. The highest BCUT2D eigenvalue weighted by atomic mass is 16.4. The predicted molar refractivity (Wildman–Crippen MR) is 113 cm³/mol. The quantitative estimate of drug-likeness (QED) is 0.263. The number of carboxylic acids is 1. The number of anilines is 1. The van der Waals surface area contributed by atoms with Gasteiger partial charge in [-0.1, -0.05) is 19.9 Å². The highest BCUT2D eigenvalue weighted by Gasteiger charge is 2.46. The molecule has 0 saturated carbocycles. The average molecular weight is 397 g/mol. The molecule has 0 saturated heterocycles. The van der Waals surface area contributed by atoms with Crippen LogP contribution < -0.4 is 11.2 Å². The monoisotopic (exact) mass is 397 g/mol. The summed E-state index contributed by atoms with van der Waals surface area (Å²) in [5.74, 6) is -1.39. The zero-order chi connectivity index (χ0) is 21.8. The molecule has 1 atom stereocenters. The maximum Gasteiger partial charge on any atom is 0.328 e. The van der Waals surface area contributed by atoms with Gasteiger partial charge in [-0.25, -0.2) is 10.2 Å². The fraction of sp³-hybridized carbons (Fsp3) is 0.318. The van der Waals surface area contributed by atoms with E-state index in [-0.39, 0.29) is 5.91 Å². The Labute approximate surface area is 170 Å². The van der Waals surface area contributed by atoms with Crippen LogP contribution >= 0.6 is 0 Å². The number of carbonyl (C=O) groups excluding carboxylic acids is 1. The summed E-state index contributed by atoms with van der Waals surface area (Å²) in [7, 11) is 0. The van der Waals surface area contributed by atoms with Crippen LogP contribution in [-0.4, -0.2) is 33.4 Å². The van der Waals surface area contributed by atoms with Crippen LogP contribution in [0.25, 0.3) is 0 Å². The van der Waals surface area contributed by atoms with Gasteiger partial charge in [0.1, 0.15) is 5.60 Å². The Morgan fingerprint density at radius 3 is 2.41 bits per heavy atom. The lowest BCUT2D eigenvalue weighted by Crippen LogP contribution is -2.48. The number of allylic oxidation sites excluding steroid dienone is 3. The van der Waals surface area contributed by atoms with E-state index in [4.69, 9.17) is 10.8 Å². The smallest absolute Gasteiger partial charge is 0.328 e. The second-order valence-electron chi connectivity index (χ2n) is 7.88. The molecule has 1 aliphatic rings. The molecule has 1 aliphatic carbocycles. The van der Waals surface area contributed by atoms with Gasteiger partial charge in [-0.05, 0) is 67.8 Å². The first kappa shape index (κ1) is 22.1. The first-order valence-electron chi connectivity index (χ1n) is 9.19. The van der Waals surface area contributed by atoms with E-state index in [0.717, 1.165) is 6.08 Å². The van der Waals surface area contributed by atoms with E-state index in [9.17, 15) is 14.7 Å². The van der Waals surface area contributed by atoms with E-state index in [1.165, 1.54) is 0 Å². The number of nitrogens with two attached hydrogens (primary N) is 1. The number of carboxylic acid groups (broad SMARTS) is 1. The molecule has 0 aliphatic heterocycles. The molecule has 0 heterocycles. The van der Waals surface area contributed by atoms with Crippen LogP contribution in [0.5, 0.6) is 0 Å². The van der Waals surface area contributed by atoms with Gasteiger partial charge in [0.15, 0.2) is 0 Å². The number of benzene rings is 1.